The van der Waals surface area contributed by atoms with E-state index in [1.54, 1.807) is 10.8 Å². The lowest BCUT2D eigenvalue weighted by atomic mass is 9.92. The third-order valence-corrected chi connectivity index (χ3v) is 5.02. The van der Waals surface area contributed by atoms with Crippen molar-refractivity contribution < 1.29 is 0 Å². The first-order chi connectivity index (χ1) is 10.8. The number of fused-ring (bicyclic) bond motifs is 4. The van der Waals surface area contributed by atoms with Crippen LogP contribution in [0, 0.1) is 12.8 Å². The molecule has 3 unspecified atom stereocenters. The van der Waals surface area contributed by atoms with Crippen LogP contribution in [0.1, 0.15) is 29.2 Å². The zero-order chi connectivity index (χ0) is 14.7. The Morgan fingerprint density at radius 2 is 2.18 bits per heavy atom. The van der Waals surface area contributed by atoms with Gasteiger partial charge in [0.1, 0.15) is 12.1 Å². The zero-order valence-corrected chi connectivity index (χ0v) is 12.4. The number of nitrogens with zero attached hydrogens (tertiary/aromatic N) is 4. The van der Waals surface area contributed by atoms with Crippen LogP contribution in [0.15, 0.2) is 36.7 Å². The van der Waals surface area contributed by atoms with Crippen molar-refractivity contribution in [1.82, 2.24) is 19.6 Å². The summed E-state index contributed by atoms with van der Waals surface area (Å²) in [6.07, 6.45) is 4.02. The van der Waals surface area contributed by atoms with Gasteiger partial charge in [-0.25, -0.2) is 4.98 Å². The van der Waals surface area contributed by atoms with Gasteiger partial charge in [0, 0.05) is 23.7 Å². The highest BCUT2D eigenvalue weighted by atomic mass is 15.4. The number of benzene rings is 1. The maximum absolute atomic E-state index is 4.40. The van der Waals surface area contributed by atoms with E-state index in [1.807, 2.05) is 6.92 Å². The Morgan fingerprint density at radius 3 is 3.14 bits per heavy atom. The molecule has 0 amide bonds. The summed E-state index contributed by atoms with van der Waals surface area (Å²) in [5, 5.41) is 7.97. The van der Waals surface area contributed by atoms with Crippen molar-refractivity contribution in [3.63, 3.8) is 0 Å². The quantitative estimate of drug-likeness (QED) is 0.788. The van der Waals surface area contributed by atoms with Gasteiger partial charge >= 0.3 is 0 Å². The molecule has 5 heteroatoms. The lowest BCUT2D eigenvalue weighted by Gasteiger charge is -2.13. The van der Waals surface area contributed by atoms with Crippen molar-refractivity contribution in [1.29, 1.82) is 0 Å². The minimum atomic E-state index is 0.498. The Balaban J connectivity index is 1.49. The first kappa shape index (κ1) is 12.1. The van der Waals surface area contributed by atoms with Crippen LogP contribution in [-0.4, -0.2) is 25.6 Å². The third-order valence-electron chi connectivity index (χ3n) is 5.02. The van der Waals surface area contributed by atoms with Crippen LogP contribution >= 0.6 is 0 Å². The van der Waals surface area contributed by atoms with E-state index in [2.05, 4.69) is 50.7 Å². The summed E-state index contributed by atoms with van der Waals surface area (Å²) in [4.78, 5) is 8.60. The maximum Gasteiger partial charge on any atom is 0.254 e. The zero-order valence-electron chi connectivity index (χ0n) is 12.4. The Morgan fingerprint density at radius 1 is 1.27 bits per heavy atom. The van der Waals surface area contributed by atoms with E-state index in [1.165, 1.54) is 24.0 Å². The molecule has 1 N–H and O–H groups in total. The lowest BCUT2D eigenvalue weighted by Crippen LogP contribution is -2.11. The first-order valence-corrected chi connectivity index (χ1v) is 7.83. The van der Waals surface area contributed by atoms with Crippen LogP contribution in [0.5, 0.6) is 0 Å². The van der Waals surface area contributed by atoms with Gasteiger partial charge in [0.25, 0.3) is 5.78 Å². The van der Waals surface area contributed by atoms with Gasteiger partial charge in [-0.05, 0) is 36.8 Å². The minimum Gasteiger partial charge on any atom is -0.366 e. The largest absolute Gasteiger partial charge is 0.366 e. The van der Waals surface area contributed by atoms with E-state index in [0.717, 1.165) is 17.4 Å². The molecule has 3 atom stereocenters. The Labute approximate surface area is 128 Å². The molecule has 2 aliphatic rings. The average molecular weight is 291 g/mol. The normalized spacial score (nSPS) is 25.6. The Hall–Kier alpha value is -2.43. The molecule has 5 rings (SSSR count). The summed E-state index contributed by atoms with van der Waals surface area (Å²) in [7, 11) is 0. The van der Waals surface area contributed by atoms with Crippen molar-refractivity contribution in [2.75, 3.05) is 5.32 Å². The second kappa shape index (κ2) is 4.29. The number of hydrogen-bond acceptors (Lipinski definition) is 4. The van der Waals surface area contributed by atoms with Crippen molar-refractivity contribution in [3.05, 3.63) is 53.5 Å². The first-order valence-electron chi connectivity index (χ1n) is 7.83. The SMILES string of the molecule is Cc1cc(NC2C3CCc4ccccc4C32)n2ncnc2n1. The van der Waals surface area contributed by atoms with Gasteiger partial charge in [0.2, 0.25) is 0 Å². The fourth-order valence-electron chi connectivity index (χ4n) is 3.97. The molecular weight excluding hydrogens is 274 g/mol. The Bertz CT molecular complexity index is 868. The van der Waals surface area contributed by atoms with Crippen molar-refractivity contribution in [3.8, 4) is 0 Å². The number of nitrogens with one attached hydrogen (secondary N) is 1. The number of aromatic nitrogens is 4. The number of anilines is 1. The third kappa shape index (κ3) is 1.68. The van der Waals surface area contributed by atoms with E-state index in [-0.39, 0.29) is 0 Å². The van der Waals surface area contributed by atoms with Gasteiger partial charge in [0.15, 0.2) is 0 Å². The van der Waals surface area contributed by atoms with Crippen LogP contribution in [0.4, 0.5) is 5.82 Å². The molecule has 0 saturated heterocycles. The molecule has 22 heavy (non-hydrogen) atoms. The molecule has 3 aromatic rings. The second-order valence-electron chi connectivity index (χ2n) is 6.35. The van der Waals surface area contributed by atoms with Crippen LogP contribution in [0.2, 0.25) is 0 Å². The predicted molar refractivity (Wildman–Crippen MR) is 83.9 cm³/mol. The van der Waals surface area contributed by atoms with E-state index in [4.69, 9.17) is 0 Å². The maximum atomic E-state index is 4.40. The second-order valence-corrected chi connectivity index (χ2v) is 6.35. The monoisotopic (exact) mass is 291 g/mol. The highest BCUT2D eigenvalue weighted by Crippen LogP contribution is 2.55. The van der Waals surface area contributed by atoms with E-state index < -0.39 is 0 Å². The van der Waals surface area contributed by atoms with E-state index in [9.17, 15) is 0 Å². The molecule has 1 aromatic carbocycles. The summed E-state index contributed by atoms with van der Waals surface area (Å²) >= 11 is 0. The molecule has 0 radical (unpaired) electrons. The van der Waals surface area contributed by atoms with Gasteiger partial charge in [0.05, 0.1) is 0 Å². The molecule has 110 valence electrons. The number of rotatable bonds is 2. The highest BCUT2D eigenvalue weighted by Gasteiger charge is 2.53. The number of hydrogen-bond donors (Lipinski definition) is 1. The molecule has 1 fully saturated rings. The molecule has 2 aliphatic carbocycles. The molecule has 2 aromatic heterocycles. The fourth-order valence-corrected chi connectivity index (χ4v) is 3.97. The standard InChI is InChI=1S/C17H17N5/c1-10-8-14(22-17(20-10)18-9-19-22)21-16-13-7-6-11-4-2-3-5-12(11)15(13)16/h2-5,8-9,13,15-16,21H,6-7H2,1H3. The van der Waals surface area contributed by atoms with Crippen LogP contribution < -0.4 is 5.32 Å². The van der Waals surface area contributed by atoms with Crippen LogP contribution in [0.25, 0.3) is 5.78 Å². The lowest BCUT2D eigenvalue weighted by molar-refractivity contribution is 0.661. The van der Waals surface area contributed by atoms with Gasteiger partial charge in [-0.3, -0.25) is 0 Å². The molecule has 1 saturated carbocycles. The molecule has 5 nitrogen and oxygen atoms in total. The van der Waals surface area contributed by atoms with Gasteiger partial charge in [-0.1, -0.05) is 24.3 Å². The predicted octanol–water partition coefficient (Wildman–Crippen LogP) is 2.57. The molecular formula is C17H17N5. The van der Waals surface area contributed by atoms with Gasteiger partial charge in [-0.15, -0.1) is 0 Å². The minimum absolute atomic E-state index is 0.498. The smallest absolute Gasteiger partial charge is 0.254 e. The van der Waals surface area contributed by atoms with Crippen molar-refractivity contribution in [2.45, 2.75) is 31.7 Å². The van der Waals surface area contributed by atoms with E-state index >= 15 is 0 Å². The Kier molecular flexibility index (Phi) is 2.37. The molecule has 0 aliphatic heterocycles. The average Bonchev–Trinajstić information content (AvgIpc) is 3.01. The van der Waals surface area contributed by atoms with Crippen LogP contribution in [-0.2, 0) is 6.42 Å². The van der Waals surface area contributed by atoms with Gasteiger partial charge in [-0.2, -0.15) is 14.6 Å². The fraction of sp³-hybridized carbons (Fsp3) is 0.353. The summed E-state index contributed by atoms with van der Waals surface area (Å²) in [6, 6.07) is 11.4. The van der Waals surface area contributed by atoms with Gasteiger partial charge < -0.3 is 5.32 Å². The molecule has 0 bridgehead atoms. The molecule has 2 heterocycles. The topological polar surface area (TPSA) is 55.1 Å². The van der Waals surface area contributed by atoms with E-state index in [0.29, 0.717) is 17.7 Å². The van der Waals surface area contributed by atoms with Crippen LogP contribution in [0.3, 0.4) is 0 Å². The summed E-state index contributed by atoms with van der Waals surface area (Å²) in [5.41, 5.74) is 4.01. The van der Waals surface area contributed by atoms with Crippen molar-refractivity contribution in [2.24, 2.45) is 5.92 Å². The summed E-state index contributed by atoms with van der Waals surface area (Å²) in [5.74, 6) is 3.03. The number of aryl methyl sites for hydroxylation is 2. The van der Waals surface area contributed by atoms with Crippen molar-refractivity contribution >= 4 is 11.6 Å². The molecule has 0 spiro atoms. The summed E-state index contributed by atoms with van der Waals surface area (Å²) < 4.78 is 1.79. The summed E-state index contributed by atoms with van der Waals surface area (Å²) in [6.45, 7) is 2.00. The highest BCUT2D eigenvalue weighted by molar-refractivity contribution is 5.51.